The Kier molecular flexibility index (Phi) is 7.61. The fourth-order valence-corrected chi connectivity index (χ4v) is 3.60. The molecule has 1 unspecified atom stereocenters. The lowest BCUT2D eigenvalue weighted by molar-refractivity contribution is -0.385. The van der Waals surface area contributed by atoms with Crippen LogP contribution in [0.15, 0.2) is 17.4 Å². The van der Waals surface area contributed by atoms with E-state index in [2.05, 4.69) is 20.3 Å². The zero-order valence-electron chi connectivity index (χ0n) is 16.5. The van der Waals surface area contributed by atoms with Crippen LogP contribution in [0.2, 0.25) is 0 Å². The van der Waals surface area contributed by atoms with Crippen molar-refractivity contribution in [3.63, 3.8) is 0 Å². The maximum atomic E-state index is 10.7. The Morgan fingerprint density at radius 2 is 2.25 bits per heavy atom. The average Bonchev–Trinajstić information content (AvgIpc) is 3.20. The summed E-state index contributed by atoms with van der Waals surface area (Å²) < 4.78 is 13.4. The molecule has 3 rings (SSSR count). The van der Waals surface area contributed by atoms with Gasteiger partial charge < -0.3 is 19.7 Å². The van der Waals surface area contributed by atoms with E-state index < -0.39 is 4.92 Å². The molecule has 2 saturated heterocycles. The van der Waals surface area contributed by atoms with Crippen molar-refractivity contribution in [1.29, 1.82) is 0 Å². The summed E-state index contributed by atoms with van der Waals surface area (Å²) in [6, 6.07) is 0. The predicted octanol–water partition coefficient (Wildman–Crippen LogP) is 1.42. The van der Waals surface area contributed by atoms with Gasteiger partial charge in [-0.2, -0.15) is 5.10 Å². The quantitative estimate of drug-likeness (QED) is 0.322. The Balaban J connectivity index is 1.35. The SMILES string of the molecule is CN=C(NCCn1cc([N+](=O)[O-])cn1)N1CCC(OCC2CCCCO2)CC1. The number of guanidine groups is 1. The summed E-state index contributed by atoms with van der Waals surface area (Å²) >= 11 is 0. The van der Waals surface area contributed by atoms with Crippen LogP contribution in [0.1, 0.15) is 32.1 Å². The number of piperidine rings is 1. The highest BCUT2D eigenvalue weighted by molar-refractivity contribution is 5.79. The second-order valence-electron chi connectivity index (χ2n) is 7.20. The van der Waals surface area contributed by atoms with Crippen molar-refractivity contribution in [3.8, 4) is 0 Å². The molecule has 28 heavy (non-hydrogen) atoms. The van der Waals surface area contributed by atoms with E-state index in [1.165, 1.54) is 18.8 Å². The van der Waals surface area contributed by atoms with E-state index in [1.54, 1.807) is 11.7 Å². The number of nitro groups is 1. The van der Waals surface area contributed by atoms with Crippen LogP contribution in [0.3, 0.4) is 0 Å². The molecule has 1 N–H and O–H groups in total. The van der Waals surface area contributed by atoms with E-state index in [-0.39, 0.29) is 17.9 Å². The molecule has 3 heterocycles. The lowest BCUT2D eigenvalue weighted by Crippen LogP contribution is -2.47. The summed E-state index contributed by atoms with van der Waals surface area (Å²) in [5, 5.41) is 18.0. The lowest BCUT2D eigenvalue weighted by atomic mass is 10.1. The topological polar surface area (TPSA) is 107 Å². The highest BCUT2D eigenvalue weighted by Crippen LogP contribution is 2.18. The van der Waals surface area contributed by atoms with Gasteiger partial charge in [0.25, 0.3) is 0 Å². The smallest absolute Gasteiger partial charge is 0.306 e. The Morgan fingerprint density at radius 1 is 1.43 bits per heavy atom. The van der Waals surface area contributed by atoms with Gasteiger partial charge in [-0.15, -0.1) is 0 Å². The monoisotopic (exact) mass is 394 g/mol. The van der Waals surface area contributed by atoms with Gasteiger partial charge in [0.2, 0.25) is 0 Å². The lowest BCUT2D eigenvalue weighted by Gasteiger charge is -2.35. The van der Waals surface area contributed by atoms with Crippen molar-refractivity contribution in [1.82, 2.24) is 20.0 Å². The zero-order chi connectivity index (χ0) is 19.8. The molecule has 1 atom stereocenters. The van der Waals surface area contributed by atoms with Crippen molar-refractivity contribution in [2.75, 3.05) is 39.9 Å². The van der Waals surface area contributed by atoms with Gasteiger partial charge in [0.05, 0.1) is 30.3 Å². The number of rotatable bonds is 7. The fourth-order valence-electron chi connectivity index (χ4n) is 3.60. The van der Waals surface area contributed by atoms with E-state index >= 15 is 0 Å². The molecule has 0 radical (unpaired) electrons. The molecule has 0 saturated carbocycles. The van der Waals surface area contributed by atoms with Gasteiger partial charge in [0.1, 0.15) is 12.4 Å². The van der Waals surface area contributed by atoms with Crippen LogP contribution in [-0.2, 0) is 16.0 Å². The van der Waals surface area contributed by atoms with Gasteiger partial charge >= 0.3 is 5.69 Å². The minimum Gasteiger partial charge on any atom is -0.376 e. The standard InChI is InChI=1S/C18H30N6O4/c1-19-18(20-7-10-23-13-15(12-21-23)24(25)26)22-8-5-16(6-9-22)28-14-17-4-2-3-11-27-17/h12-13,16-17H,2-11,14H2,1H3,(H,19,20). The highest BCUT2D eigenvalue weighted by Gasteiger charge is 2.23. The third kappa shape index (κ3) is 5.90. The molecule has 10 heteroatoms. The first kappa shape index (κ1) is 20.5. The predicted molar refractivity (Wildman–Crippen MR) is 104 cm³/mol. The first-order valence-corrected chi connectivity index (χ1v) is 10.0. The molecule has 0 amide bonds. The number of likely N-dealkylation sites (tertiary alicyclic amines) is 1. The van der Waals surface area contributed by atoms with Crippen LogP contribution in [0.4, 0.5) is 5.69 Å². The molecule has 2 fully saturated rings. The van der Waals surface area contributed by atoms with Crippen molar-refractivity contribution < 1.29 is 14.4 Å². The van der Waals surface area contributed by atoms with Crippen molar-refractivity contribution in [2.45, 2.75) is 50.9 Å². The van der Waals surface area contributed by atoms with Gasteiger partial charge in [0, 0.05) is 33.3 Å². The maximum Gasteiger partial charge on any atom is 0.306 e. The van der Waals surface area contributed by atoms with Crippen LogP contribution in [0, 0.1) is 10.1 Å². The van der Waals surface area contributed by atoms with E-state index in [0.717, 1.165) is 51.3 Å². The van der Waals surface area contributed by atoms with Crippen molar-refractivity contribution in [3.05, 3.63) is 22.5 Å². The summed E-state index contributed by atoms with van der Waals surface area (Å²) in [5.74, 6) is 0.843. The third-order valence-corrected chi connectivity index (χ3v) is 5.20. The Morgan fingerprint density at radius 3 is 2.89 bits per heavy atom. The van der Waals surface area contributed by atoms with Crippen molar-refractivity contribution in [2.24, 2.45) is 4.99 Å². The molecular formula is C18H30N6O4. The first-order valence-electron chi connectivity index (χ1n) is 10.0. The number of hydrogen-bond acceptors (Lipinski definition) is 6. The van der Waals surface area contributed by atoms with E-state index in [0.29, 0.717) is 19.7 Å². The minimum absolute atomic E-state index is 0.00470. The molecule has 2 aliphatic rings. The number of aromatic nitrogens is 2. The molecule has 0 aliphatic carbocycles. The Labute approximate surface area is 165 Å². The molecule has 156 valence electrons. The number of nitrogens with one attached hydrogen (secondary N) is 1. The maximum absolute atomic E-state index is 10.7. The number of ether oxygens (including phenoxy) is 2. The third-order valence-electron chi connectivity index (χ3n) is 5.20. The average molecular weight is 394 g/mol. The Bertz CT molecular complexity index is 650. The fraction of sp³-hybridized carbons (Fsp3) is 0.778. The van der Waals surface area contributed by atoms with Crippen molar-refractivity contribution >= 4 is 11.6 Å². The van der Waals surface area contributed by atoms with Gasteiger partial charge in [-0.05, 0) is 32.1 Å². The molecule has 1 aromatic heterocycles. The molecule has 1 aromatic rings. The van der Waals surface area contributed by atoms with E-state index in [9.17, 15) is 10.1 Å². The summed E-state index contributed by atoms with van der Waals surface area (Å²) in [6.07, 6.45) is 8.69. The van der Waals surface area contributed by atoms with Crippen LogP contribution < -0.4 is 5.32 Å². The zero-order valence-corrected chi connectivity index (χ0v) is 16.5. The van der Waals surface area contributed by atoms with Crippen LogP contribution >= 0.6 is 0 Å². The Hall–Kier alpha value is -2.20. The molecule has 0 bridgehead atoms. The second-order valence-corrected chi connectivity index (χ2v) is 7.20. The van der Waals surface area contributed by atoms with Gasteiger partial charge in [-0.25, -0.2) is 0 Å². The van der Waals surface area contributed by atoms with E-state index in [4.69, 9.17) is 9.47 Å². The van der Waals surface area contributed by atoms with Crippen LogP contribution in [0.25, 0.3) is 0 Å². The van der Waals surface area contributed by atoms with Crippen LogP contribution in [-0.4, -0.2) is 77.7 Å². The molecular weight excluding hydrogens is 364 g/mol. The van der Waals surface area contributed by atoms with Gasteiger partial charge in [-0.3, -0.25) is 19.8 Å². The number of aliphatic imine (C=N–C) groups is 1. The number of hydrogen-bond donors (Lipinski definition) is 1. The molecule has 10 nitrogen and oxygen atoms in total. The molecule has 0 aromatic carbocycles. The summed E-state index contributed by atoms with van der Waals surface area (Å²) in [7, 11) is 1.77. The highest BCUT2D eigenvalue weighted by atomic mass is 16.6. The van der Waals surface area contributed by atoms with Crippen LogP contribution in [0.5, 0.6) is 0 Å². The summed E-state index contributed by atoms with van der Waals surface area (Å²) in [6.45, 7) is 4.48. The first-order chi connectivity index (χ1) is 13.7. The molecule has 0 spiro atoms. The largest absolute Gasteiger partial charge is 0.376 e. The van der Waals surface area contributed by atoms with Gasteiger partial charge in [-0.1, -0.05) is 0 Å². The molecule has 2 aliphatic heterocycles. The minimum atomic E-state index is -0.442. The summed E-state index contributed by atoms with van der Waals surface area (Å²) in [5.41, 5.74) is 0.00470. The van der Waals surface area contributed by atoms with Gasteiger partial charge in [0.15, 0.2) is 5.96 Å². The second kappa shape index (κ2) is 10.4. The summed E-state index contributed by atoms with van der Waals surface area (Å²) in [4.78, 5) is 16.8. The van der Waals surface area contributed by atoms with E-state index in [1.807, 2.05) is 0 Å². The number of nitrogens with zero attached hydrogens (tertiary/aromatic N) is 5. The normalized spacial score (nSPS) is 21.7.